The molecular formula is C32H55NO25. The Bertz CT molecular complexity index is 1310. The van der Waals surface area contributed by atoms with E-state index in [1.807, 2.05) is 0 Å². The van der Waals surface area contributed by atoms with E-state index < -0.39 is 186 Å². The third-order valence-electron chi connectivity index (χ3n) is 10.7. The zero-order chi connectivity index (χ0) is 42.9. The van der Waals surface area contributed by atoms with Crippen molar-refractivity contribution in [1.29, 1.82) is 0 Å². The van der Waals surface area contributed by atoms with Crippen LogP contribution in [0.2, 0.25) is 0 Å². The Hall–Kier alpha value is -1.49. The van der Waals surface area contributed by atoms with Gasteiger partial charge in [-0.2, -0.15) is 0 Å². The van der Waals surface area contributed by atoms with Crippen molar-refractivity contribution >= 4 is 5.91 Å². The molecule has 1 unspecified atom stereocenters. The number of ether oxygens (including phenoxy) is 9. The fourth-order valence-electron chi connectivity index (χ4n) is 7.34. The van der Waals surface area contributed by atoms with Crippen molar-refractivity contribution in [3.8, 4) is 0 Å². The SMILES string of the molecule is CC(=O)N[C@H]1[C@H](O[C@H]2[C@@H](O)[C@@H](CO)OC(O)[C@@H]2O)O[C@H](CO)[C@H](O)[C@@H]1O[C@@H]1O[C@H](CO)[C@H](O)[C@H](O[C@H]2O[C@H](CO)[C@H](O)[C@H](O)[C@H]2O)[C@H]1O[C@@H]1O[C@@H](C)[C@@H](O)[C@@H](O)[C@@H]1O. The van der Waals surface area contributed by atoms with E-state index in [2.05, 4.69) is 5.32 Å². The second-order valence-corrected chi connectivity index (χ2v) is 14.7. The lowest BCUT2D eigenvalue weighted by Crippen LogP contribution is -2.71. The molecule has 0 bridgehead atoms. The fraction of sp³-hybridized carbons (Fsp3) is 0.969. The number of aliphatic hydroxyl groups excluding tert-OH is 15. The molecule has 0 aromatic carbocycles. The molecule has 25 atom stereocenters. The first kappa shape index (κ1) is 47.6. The molecule has 26 nitrogen and oxygen atoms in total. The van der Waals surface area contributed by atoms with Crippen LogP contribution in [0.1, 0.15) is 13.8 Å². The summed E-state index contributed by atoms with van der Waals surface area (Å²) in [4.78, 5) is 12.6. The lowest BCUT2D eigenvalue weighted by atomic mass is 9.94. The number of amides is 1. The minimum atomic E-state index is -2.07. The molecule has 26 heteroatoms. The molecule has 338 valence electrons. The van der Waals surface area contributed by atoms with E-state index in [4.69, 9.17) is 42.6 Å². The molecule has 1 amide bonds. The number of rotatable bonds is 13. The summed E-state index contributed by atoms with van der Waals surface area (Å²) in [5.74, 6) is -0.822. The average molecular weight is 854 g/mol. The predicted molar refractivity (Wildman–Crippen MR) is 177 cm³/mol. The second kappa shape index (κ2) is 20.1. The summed E-state index contributed by atoms with van der Waals surface area (Å²) in [6, 6.07) is -1.72. The number of nitrogens with one attached hydrogen (secondary N) is 1. The molecule has 0 aliphatic carbocycles. The predicted octanol–water partition coefficient (Wildman–Crippen LogP) is -10.8. The Morgan fingerprint density at radius 1 is 0.448 bits per heavy atom. The topological polar surface area (TPSA) is 416 Å². The fourth-order valence-corrected chi connectivity index (χ4v) is 7.34. The van der Waals surface area contributed by atoms with Crippen LogP contribution in [0.25, 0.3) is 0 Å². The highest BCUT2D eigenvalue weighted by atomic mass is 16.8. The van der Waals surface area contributed by atoms with Gasteiger partial charge in [0.1, 0.15) is 116 Å². The molecule has 0 spiro atoms. The molecular weight excluding hydrogens is 798 g/mol. The summed E-state index contributed by atoms with van der Waals surface area (Å²) in [6.07, 6.45) is -44.3. The highest BCUT2D eigenvalue weighted by molar-refractivity contribution is 5.73. The quantitative estimate of drug-likeness (QED) is 0.0818. The molecule has 58 heavy (non-hydrogen) atoms. The van der Waals surface area contributed by atoms with E-state index in [0.717, 1.165) is 6.92 Å². The van der Waals surface area contributed by atoms with E-state index in [0.29, 0.717) is 0 Å². The number of hydrogen-bond donors (Lipinski definition) is 16. The minimum Gasteiger partial charge on any atom is -0.394 e. The molecule has 16 N–H and O–H groups in total. The summed E-state index contributed by atoms with van der Waals surface area (Å²) >= 11 is 0. The van der Waals surface area contributed by atoms with Gasteiger partial charge in [0.05, 0.1) is 32.5 Å². The number of hydrogen-bond acceptors (Lipinski definition) is 25. The zero-order valence-electron chi connectivity index (χ0n) is 31.1. The third-order valence-corrected chi connectivity index (χ3v) is 10.7. The van der Waals surface area contributed by atoms with Gasteiger partial charge in [0.2, 0.25) is 5.91 Å². The van der Waals surface area contributed by atoms with Gasteiger partial charge in [-0.15, -0.1) is 0 Å². The van der Waals surface area contributed by atoms with Gasteiger partial charge in [-0.25, -0.2) is 0 Å². The van der Waals surface area contributed by atoms with Gasteiger partial charge in [0.15, 0.2) is 31.5 Å². The van der Waals surface area contributed by atoms with Gasteiger partial charge >= 0.3 is 0 Å². The number of carbonyl (C=O) groups excluding carboxylic acids is 1. The van der Waals surface area contributed by atoms with Crippen LogP contribution in [0.4, 0.5) is 0 Å². The third kappa shape index (κ3) is 9.75. The summed E-state index contributed by atoms with van der Waals surface area (Å²) in [5, 5.41) is 160. The van der Waals surface area contributed by atoms with Crippen LogP contribution in [0.5, 0.6) is 0 Å². The van der Waals surface area contributed by atoms with Crippen LogP contribution in [-0.2, 0) is 47.4 Å². The van der Waals surface area contributed by atoms with Crippen molar-refractivity contribution in [2.45, 2.75) is 167 Å². The molecule has 5 saturated heterocycles. The first-order valence-electron chi connectivity index (χ1n) is 18.5. The van der Waals surface area contributed by atoms with Gasteiger partial charge in [0, 0.05) is 6.92 Å². The van der Waals surface area contributed by atoms with Gasteiger partial charge in [-0.05, 0) is 6.92 Å². The normalized spacial score (nSPS) is 51.6. The Labute approximate surface area is 329 Å². The summed E-state index contributed by atoms with van der Waals surface area (Å²) < 4.78 is 51.4. The molecule has 5 aliphatic rings. The van der Waals surface area contributed by atoms with Crippen LogP contribution in [-0.4, -0.2) is 262 Å². The number of carbonyl (C=O) groups is 1. The van der Waals surface area contributed by atoms with Crippen LogP contribution in [0, 0.1) is 0 Å². The van der Waals surface area contributed by atoms with Crippen molar-refractivity contribution in [3.63, 3.8) is 0 Å². The monoisotopic (exact) mass is 853 g/mol. The van der Waals surface area contributed by atoms with Gasteiger partial charge < -0.3 is 125 Å². The van der Waals surface area contributed by atoms with Crippen LogP contribution >= 0.6 is 0 Å². The summed E-state index contributed by atoms with van der Waals surface area (Å²) in [5.41, 5.74) is 0. The summed E-state index contributed by atoms with van der Waals surface area (Å²) in [6.45, 7) is -1.39. The first-order valence-corrected chi connectivity index (χ1v) is 18.5. The van der Waals surface area contributed by atoms with Crippen molar-refractivity contribution in [2.24, 2.45) is 0 Å². The maximum absolute atomic E-state index is 12.6. The highest BCUT2D eigenvalue weighted by Gasteiger charge is 2.58. The lowest BCUT2D eigenvalue weighted by Gasteiger charge is -2.51. The van der Waals surface area contributed by atoms with Gasteiger partial charge in [-0.3, -0.25) is 4.79 Å². The molecule has 0 aromatic heterocycles. The van der Waals surface area contributed by atoms with E-state index >= 15 is 0 Å². The minimum absolute atomic E-state index is 0.822. The van der Waals surface area contributed by atoms with E-state index in [1.54, 1.807) is 0 Å². The smallest absolute Gasteiger partial charge is 0.217 e. The first-order chi connectivity index (χ1) is 27.4. The van der Waals surface area contributed by atoms with Crippen LogP contribution < -0.4 is 5.32 Å². The molecule has 5 rings (SSSR count). The Kier molecular flexibility index (Phi) is 16.5. The van der Waals surface area contributed by atoms with Crippen LogP contribution in [0.3, 0.4) is 0 Å². The molecule has 0 radical (unpaired) electrons. The highest BCUT2D eigenvalue weighted by Crippen LogP contribution is 2.37. The average Bonchev–Trinajstić information content (AvgIpc) is 3.19. The maximum Gasteiger partial charge on any atom is 0.217 e. The second-order valence-electron chi connectivity index (χ2n) is 14.7. The molecule has 0 saturated carbocycles. The Morgan fingerprint density at radius 3 is 1.43 bits per heavy atom. The van der Waals surface area contributed by atoms with E-state index in [1.165, 1.54) is 6.92 Å². The molecule has 5 fully saturated rings. The molecule has 5 heterocycles. The molecule has 0 aromatic rings. The number of aliphatic hydroxyl groups is 15. The van der Waals surface area contributed by atoms with Crippen molar-refractivity contribution in [3.05, 3.63) is 0 Å². The lowest BCUT2D eigenvalue weighted by molar-refractivity contribution is -0.403. The van der Waals surface area contributed by atoms with Crippen molar-refractivity contribution < 1.29 is 124 Å². The largest absolute Gasteiger partial charge is 0.394 e. The van der Waals surface area contributed by atoms with E-state index in [9.17, 15) is 81.4 Å². The van der Waals surface area contributed by atoms with Gasteiger partial charge in [0.25, 0.3) is 0 Å². The van der Waals surface area contributed by atoms with E-state index in [-0.39, 0.29) is 0 Å². The zero-order valence-corrected chi connectivity index (χ0v) is 31.1. The maximum atomic E-state index is 12.6. The summed E-state index contributed by atoms with van der Waals surface area (Å²) in [7, 11) is 0. The van der Waals surface area contributed by atoms with Crippen LogP contribution in [0.15, 0.2) is 0 Å². The molecule has 5 aliphatic heterocycles. The van der Waals surface area contributed by atoms with Gasteiger partial charge in [-0.1, -0.05) is 0 Å². The standard InChI is InChI=1S/C32H55NO25/c1-7-14(39)19(44)21(46)30(50-7)58-27-26(57-31-22(47)20(45)15(40)9(3-34)53-31)18(43)12(6-37)54-32(27)55-24-13(33-8(2)38)29(52-11(5-36)16(24)41)56-25-17(42)10(4-35)51-28(49)23(25)48/h7,9-32,34-37,39-49H,3-6H2,1-2H3,(H,33,38)/t7-,9+,10+,11+,12+,13+,14+,15-,16-,17-,18-,19+,20-,21-,22+,23+,24+,25-,26-,27+,28?,29-,30-,31+,32-/m0/s1. The Balaban J connectivity index is 1.54. The van der Waals surface area contributed by atoms with Crippen molar-refractivity contribution in [2.75, 3.05) is 26.4 Å². The van der Waals surface area contributed by atoms with Crippen molar-refractivity contribution in [1.82, 2.24) is 5.32 Å². The Morgan fingerprint density at radius 2 is 0.862 bits per heavy atom.